The van der Waals surface area contributed by atoms with Crippen molar-refractivity contribution in [3.8, 4) is 0 Å². The molecule has 3 nitrogen and oxygen atoms in total. The molecule has 1 aromatic heterocycles. The number of rotatable bonds is 4. The van der Waals surface area contributed by atoms with Crippen LogP contribution in [-0.4, -0.2) is 34.2 Å². The van der Waals surface area contributed by atoms with Crippen LogP contribution in [0.1, 0.15) is 23.7 Å². The molecule has 0 saturated carbocycles. The molecule has 0 aromatic carbocycles. The molecule has 0 saturated heterocycles. The molecule has 16 heavy (non-hydrogen) atoms. The molecule has 88 valence electrons. The Kier molecular flexibility index (Phi) is 5.22. The summed E-state index contributed by atoms with van der Waals surface area (Å²) in [5, 5.41) is 0.395. The number of carbonyl (C=O) groups is 1. The van der Waals surface area contributed by atoms with Crippen molar-refractivity contribution in [3.63, 3.8) is 0 Å². The topological polar surface area (TPSA) is 33.2 Å². The normalized spacial score (nSPS) is 12.2. The van der Waals surface area contributed by atoms with Crippen molar-refractivity contribution in [3.05, 3.63) is 29.0 Å². The van der Waals surface area contributed by atoms with Crippen molar-refractivity contribution in [2.75, 3.05) is 13.6 Å². The standard InChI is InChI=1S/C11H14BrClN2O/c1-8(12)4-6-15(2)11(16)9-3-5-14-7-10(9)13/h3,5,7-8H,4,6H2,1-2H3. The summed E-state index contributed by atoms with van der Waals surface area (Å²) in [6.45, 7) is 2.75. The summed E-state index contributed by atoms with van der Waals surface area (Å²) >= 11 is 9.36. The van der Waals surface area contributed by atoms with Gasteiger partial charge in [-0.15, -0.1) is 0 Å². The highest BCUT2D eigenvalue weighted by Gasteiger charge is 2.14. The molecule has 1 rings (SSSR count). The molecule has 0 aliphatic rings. The predicted octanol–water partition coefficient (Wildman–Crippen LogP) is 2.98. The molecule has 0 aliphatic heterocycles. The summed E-state index contributed by atoms with van der Waals surface area (Å²) in [5.41, 5.74) is 0.501. The van der Waals surface area contributed by atoms with E-state index in [1.165, 1.54) is 6.20 Å². The second-order valence-corrected chi connectivity index (χ2v) is 5.62. The molecule has 0 aliphatic carbocycles. The van der Waals surface area contributed by atoms with Gasteiger partial charge in [-0.05, 0) is 12.5 Å². The van der Waals surface area contributed by atoms with Crippen molar-refractivity contribution in [2.24, 2.45) is 0 Å². The Labute approximate surface area is 109 Å². The smallest absolute Gasteiger partial charge is 0.255 e. The molecule has 1 amide bonds. The lowest BCUT2D eigenvalue weighted by Crippen LogP contribution is -2.29. The minimum absolute atomic E-state index is 0.0689. The van der Waals surface area contributed by atoms with Crippen LogP contribution in [-0.2, 0) is 0 Å². The van der Waals surface area contributed by atoms with Crippen LogP contribution in [0.3, 0.4) is 0 Å². The maximum atomic E-state index is 12.0. The average molecular weight is 306 g/mol. The molecule has 0 fully saturated rings. The van der Waals surface area contributed by atoms with Crippen LogP contribution in [0.5, 0.6) is 0 Å². The van der Waals surface area contributed by atoms with Crippen LogP contribution >= 0.6 is 27.5 Å². The van der Waals surface area contributed by atoms with Crippen molar-refractivity contribution >= 4 is 33.4 Å². The zero-order valence-corrected chi connectivity index (χ0v) is 11.6. The molecule has 0 radical (unpaired) electrons. The quantitative estimate of drug-likeness (QED) is 0.801. The number of pyridine rings is 1. The maximum absolute atomic E-state index is 12.0. The zero-order valence-electron chi connectivity index (χ0n) is 9.28. The van der Waals surface area contributed by atoms with Gasteiger partial charge < -0.3 is 4.90 Å². The lowest BCUT2D eigenvalue weighted by Gasteiger charge is -2.18. The van der Waals surface area contributed by atoms with E-state index in [1.54, 1.807) is 24.2 Å². The highest BCUT2D eigenvalue weighted by Crippen LogP contribution is 2.15. The largest absolute Gasteiger partial charge is 0.342 e. The van der Waals surface area contributed by atoms with Gasteiger partial charge in [0.05, 0.1) is 10.6 Å². The van der Waals surface area contributed by atoms with E-state index >= 15 is 0 Å². The molecule has 0 bridgehead atoms. The molecule has 1 aromatic rings. The minimum Gasteiger partial charge on any atom is -0.342 e. The van der Waals surface area contributed by atoms with Crippen LogP contribution in [0.2, 0.25) is 5.02 Å². The monoisotopic (exact) mass is 304 g/mol. The second kappa shape index (κ2) is 6.21. The number of nitrogens with zero attached hydrogens (tertiary/aromatic N) is 2. The van der Waals surface area contributed by atoms with Crippen molar-refractivity contribution in [1.82, 2.24) is 9.88 Å². The SMILES string of the molecule is CC(Br)CCN(C)C(=O)c1ccncc1Cl. The van der Waals surface area contributed by atoms with Gasteiger partial charge in [-0.2, -0.15) is 0 Å². The first kappa shape index (κ1) is 13.5. The van der Waals surface area contributed by atoms with Crippen LogP contribution in [0.15, 0.2) is 18.5 Å². The Morgan fingerprint density at radius 1 is 1.69 bits per heavy atom. The fraction of sp³-hybridized carbons (Fsp3) is 0.455. The van der Waals surface area contributed by atoms with Gasteiger partial charge in [-0.3, -0.25) is 9.78 Å². The number of carbonyl (C=O) groups excluding carboxylic acids is 1. The van der Waals surface area contributed by atoms with Crippen molar-refractivity contribution in [2.45, 2.75) is 18.2 Å². The van der Waals surface area contributed by atoms with Gasteiger partial charge in [0.25, 0.3) is 5.91 Å². The minimum atomic E-state index is -0.0689. The molecule has 5 heteroatoms. The Bertz CT molecular complexity index is 371. The van der Waals surface area contributed by atoms with Gasteiger partial charge in [0.15, 0.2) is 0 Å². The molecule has 0 spiro atoms. The fourth-order valence-electron chi connectivity index (χ4n) is 1.23. The summed E-state index contributed by atoms with van der Waals surface area (Å²) in [4.78, 5) is 17.9. The van der Waals surface area contributed by atoms with Crippen LogP contribution in [0.4, 0.5) is 0 Å². The first-order chi connectivity index (χ1) is 7.52. The lowest BCUT2D eigenvalue weighted by molar-refractivity contribution is 0.0794. The Morgan fingerprint density at radius 2 is 2.38 bits per heavy atom. The Balaban J connectivity index is 2.67. The molecule has 1 heterocycles. The summed E-state index contributed by atoms with van der Waals surface area (Å²) in [7, 11) is 1.77. The Hall–Kier alpha value is -0.610. The number of hydrogen-bond acceptors (Lipinski definition) is 2. The predicted molar refractivity (Wildman–Crippen MR) is 69.2 cm³/mol. The third kappa shape index (κ3) is 3.76. The number of alkyl halides is 1. The fourth-order valence-corrected chi connectivity index (χ4v) is 1.63. The van der Waals surface area contributed by atoms with Gasteiger partial charge >= 0.3 is 0 Å². The molecule has 1 unspecified atom stereocenters. The third-order valence-corrected chi connectivity index (χ3v) is 2.97. The first-order valence-electron chi connectivity index (χ1n) is 5.01. The number of halogens is 2. The van der Waals surface area contributed by atoms with E-state index in [4.69, 9.17) is 11.6 Å². The second-order valence-electron chi connectivity index (χ2n) is 3.65. The van der Waals surface area contributed by atoms with Gasteiger partial charge in [0.1, 0.15) is 0 Å². The average Bonchev–Trinajstić information content (AvgIpc) is 2.25. The van der Waals surface area contributed by atoms with E-state index in [2.05, 4.69) is 27.8 Å². The summed E-state index contributed by atoms with van der Waals surface area (Å²) in [6, 6.07) is 1.64. The molecule has 1 atom stereocenters. The third-order valence-electron chi connectivity index (χ3n) is 2.21. The van der Waals surface area contributed by atoms with Gasteiger partial charge in [0.2, 0.25) is 0 Å². The van der Waals surface area contributed by atoms with Gasteiger partial charge in [-0.1, -0.05) is 34.5 Å². The highest BCUT2D eigenvalue weighted by atomic mass is 79.9. The Morgan fingerprint density at radius 3 is 2.94 bits per heavy atom. The number of amides is 1. The van der Waals surface area contributed by atoms with E-state index in [0.717, 1.165) is 6.42 Å². The summed E-state index contributed by atoms with van der Waals surface area (Å²) < 4.78 is 0. The van der Waals surface area contributed by atoms with E-state index in [-0.39, 0.29) is 5.91 Å². The van der Waals surface area contributed by atoms with Crippen molar-refractivity contribution in [1.29, 1.82) is 0 Å². The van der Waals surface area contributed by atoms with Crippen LogP contribution in [0, 0.1) is 0 Å². The van der Waals surface area contributed by atoms with E-state index < -0.39 is 0 Å². The molecule has 0 N–H and O–H groups in total. The van der Waals surface area contributed by atoms with E-state index in [1.807, 2.05) is 0 Å². The maximum Gasteiger partial charge on any atom is 0.255 e. The zero-order chi connectivity index (χ0) is 12.1. The van der Waals surface area contributed by atoms with Gasteiger partial charge in [0, 0.05) is 30.8 Å². The summed E-state index contributed by atoms with van der Waals surface area (Å²) in [6.07, 6.45) is 3.96. The van der Waals surface area contributed by atoms with Crippen LogP contribution < -0.4 is 0 Å². The first-order valence-corrected chi connectivity index (χ1v) is 6.30. The van der Waals surface area contributed by atoms with E-state index in [0.29, 0.717) is 22.0 Å². The summed E-state index contributed by atoms with van der Waals surface area (Å²) in [5.74, 6) is -0.0689. The van der Waals surface area contributed by atoms with Gasteiger partial charge in [-0.25, -0.2) is 0 Å². The highest BCUT2D eigenvalue weighted by molar-refractivity contribution is 9.09. The lowest BCUT2D eigenvalue weighted by atomic mass is 10.2. The van der Waals surface area contributed by atoms with E-state index in [9.17, 15) is 4.79 Å². The van der Waals surface area contributed by atoms with Crippen molar-refractivity contribution < 1.29 is 4.79 Å². The van der Waals surface area contributed by atoms with Crippen LogP contribution in [0.25, 0.3) is 0 Å². The number of hydrogen-bond donors (Lipinski definition) is 0. The molecular formula is C11H14BrClN2O. The molecular weight excluding hydrogens is 291 g/mol. The number of aromatic nitrogens is 1.